The highest BCUT2D eigenvalue weighted by atomic mass is 35.5. The average molecular weight is 549 g/mol. The van der Waals surface area contributed by atoms with E-state index in [0.29, 0.717) is 29.1 Å². The number of carbonyl (C=O) groups excluding carboxylic acids is 1. The molecule has 1 atom stereocenters. The van der Waals surface area contributed by atoms with E-state index in [2.05, 4.69) is 10.3 Å². The topological polar surface area (TPSA) is 42.0 Å². The van der Waals surface area contributed by atoms with E-state index in [1.807, 2.05) is 42.5 Å². The highest BCUT2D eigenvalue weighted by molar-refractivity contribution is 6.30. The molecular formula is C32H28ClF3N2O. The van der Waals surface area contributed by atoms with E-state index in [1.165, 1.54) is 6.07 Å². The quantitative estimate of drug-likeness (QED) is 0.255. The van der Waals surface area contributed by atoms with Gasteiger partial charge in [0.25, 0.3) is 0 Å². The summed E-state index contributed by atoms with van der Waals surface area (Å²) in [5.41, 5.74) is -0.487. The Kier molecular flexibility index (Phi) is 7.50. The molecule has 200 valence electrons. The van der Waals surface area contributed by atoms with Gasteiger partial charge in [0.2, 0.25) is 5.91 Å². The summed E-state index contributed by atoms with van der Waals surface area (Å²) in [6.45, 7) is 0. The molecule has 1 N–H and O–H groups in total. The van der Waals surface area contributed by atoms with Crippen molar-refractivity contribution in [2.75, 3.05) is 0 Å². The van der Waals surface area contributed by atoms with Crippen LogP contribution in [0.4, 0.5) is 13.2 Å². The molecule has 3 aromatic carbocycles. The third-order valence-electron chi connectivity index (χ3n) is 7.71. The van der Waals surface area contributed by atoms with Crippen LogP contribution in [-0.2, 0) is 28.3 Å². The van der Waals surface area contributed by atoms with Gasteiger partial charge in [-0.25, -0.2) is 0 Å². The van der Waals surface area contributed by atoms with Crippen molar-refractivity contribution in [3.63, 3.8) is 0 Å². The van der Waals surface area contributed by atoms with Crippen LogP contribution in [0.15, 0.2) is 103 Å². The standard InChI is InChI=1S/C32H28ClF3N2O/c33-27-16-14-24(15-17-27)30(18-5-6-19-30)29(39)38-31(28-13-4-7-20-37-28,22-23-9-2-1-3-10-23)25-11-8-12-26(21-25)32(34,35)36/h1-4,7-17,20-21H,5-6,18-19,22H2,(H,38,39). The van der Waals surface area contributed by atoms with Gasteiger partial charge in [0.1, 0.15) is 5.54 Å². The Morgan fingerprint density at radius 1 is 0.846 bits per heavy atom. The minimum Gasteiger partial charge on any atom is -0.340 e. The van der Waals surface area contributed by atoms with E-state index in [9.17, 15) is 18.0 Å². The molecule has 0 saturated heterocycles. The van der Waals surface area contributed by atoms with Gasteiger partial charge in [0.05, 0.1) is 16.7 Å². The number of carbonyl (C=O) groups is 1. The van der Waals surface area contributed by atoms with Gasteiger partial charge in [-0.3, -0.25) is 9.78 Å². The molecule has 7 heteroatoms. The number of pyridine rings is 1. The fourth-order valence-electron chi connectivity index (χ4n) is 5.71. The molecule has 1 aliphatic rings. The fourth-order valence-corrected chi connectivity index (χ4v) is 5.83. The predicted octanol–water partition coefficient (Wildman–Crippen LogP) is 7.87. The Labute approximate surface area is 231 Å². The Morgan fingerprint density at radius 2 is 1.51 bits per heavy atom. The zero-order valence-electron chi connectivity index (χ0n) is 21.2. The van der Waals surface area contributed by atoms with Gasteiger partial charge >= 0.3 is 6.18 Å². The van der Waals surface area contributed by atoms with Crippen molar-refractivity contribution >= 4 is 17.5 Å². The summed E-state index contributed by atoms with van der Waals surface area (Å²) in [5.74, 6) is -0.235. The van der Waals surface area contributed by atoms with E-state index in [1.54, 1.807) is 42.6 Å². The van der Waals surface area contributed by atoms with Crippen molar-refractivity contribution in [2.45, 2.75) is 49.2 Å². The number of rotatable bonds is 7. The first-order chi connectivity index (χ1) is 18.7. The first-order valence-electron chi connectivity index (χ1n) is 12.9. The number of halogens is 4. The van der Waals surface area contributed by atoms with Crippen LogP contribution >= 0.6 is 11.6 Å². The van der Waals surface area contributed by atoms with Crippen LogP contribution in [0.3, 0.4) is 0 Å². The molecule has 0 spiro atoms. The van der Waals surface area contributed by atoms with Gasteiger partial charge in [-0.1, -0.05) is 85.1 Å². The summed E-state index contributed by atoms with van der Waals surface area (Å²) in [4.78, 5) is 19.1. The number of benzene rings is 3. The van der Waals surface area contributed by atoms with Crippen molar-refractivity contribution in [3.05, 3.63) is 136 Å². The minimum absolute atomic E-state index is 0.217. The predicted molar refractivity (Wildman–Crippen MR) is 146 cm³/mol. The van der Waals surface area contributed by atoms with Crippen LogP contribution in [0.1, 0.15) is 53.6 Å². The molecular weight excluding hydrogens is 521 g/mol. The lowest BCUT2D eigenvalue weighted by Gasteiger charge is -2.39. The first-order valence-corrected chi connectivity index (χ1v) is 13.3. The zero-order chi connectivity index (χ0) is 27.5. The van der Waals surface area contributed by atoms with Gasteiger partial charge in [0, 0.05) is 17.6 Å². The molecule has 1 amide bonds. The summed E-state index contributed by atoms with van der Waals surface area (Å²) < 4.78 is 41.7. The van der Waals surface area contributed by atoms with Gasteiger partial charge in [-0.05, 0) is 65.9 Å². The molecule has 1 heterocycles. The van der Waals surface area contributed by atoms with E-state index >= 15 is 0 Å². The number of alkyl halides is 3. The van der Waals surface area contributed by atoms with Crippen LogP contribution in [0, 0.1) is 0 Å². The smallest absolute Gasteiger partial charge is 0.340 e. The highest BCUT2D eigenvalue weighted by Crippen LogP contribution is 2.44. The average Bonchev–Trinajstić information content (AvgIpc) is 3.45. The molecule has 1 unspecified atom stereocenters. The summed E-state index contributed by atoms with van der Waals surface area (Å²) in [5, 5.41) is 3.86. The second kappa shape index (κ2) is 10.9. The monoisotopic (exact) mass is 548 g/mol. The summed E-state index contributed by atoms with van der Waals surface area (Å²) in [6, 6.07) is 27.2. The van der Waals surface area contributed by atoms with Gasteiger partial charge in [-0.15, -0.1) is 0 Å². The number of nitrogens with one attached hydrogen (secondary N) is 1. The van der Waals surface area contributed by atoms with E-state index in [0.717, 1.165) is 36.1 Å². The molecule has 4 aromatic rings. The maximum atomic E-state index is 14.5. The van der Waals surface area contributed by atoms with Crippen molar-refractivity contribution < 1.29 is 18.0 Å². The maximum absolute atomic E-state index is 14.5. The molecule has 1 fully saturated rings. The number of aromatic nitrogens is 1. The zero-order valence-corrected chi connectivity index (χ0v) is 22.0. The molecule has 1 saturated carbocycles. The Bertz CT molecular complexity index is 1420. The summed E-state index contributed by atoms with van der Waals surface area (Å²) in [6.07, 6.45) is 0.274. The second-order valence-electron chi connectivity index (χ2n) is 10.1. The summed E-state index contributed by atoms with van der Waals surface area (Å²) in [7, 11) is 0. The minimum atomic E-state index is -4.54. The fraction of sp³-hybridized carbons (Fsp3) is 0.250. The molecule has 0 bridgehead atoms. The van der Waals surface area contributed by atoms with Crippen LogP contribution in [0.5, 0.6) is 0 Å². The van der Waals surface area contributed by atoms with Crippen LogP contribution in [0.25, 0.3) is 0 Å². The lowest BCUT2D eigenvalue weighted by atomic mass is 9.75. The third kappa shape index (κ3) is 5.44. The Hall–Kier alpha value is -3.64. The lowest BCUT2D eigenvalue weighted by Crippen LogP contribution is -2.55. The van der Waals surface area contributed by atoms with E-state index < -0.39 is 22.7 Å². The van der Waals surface area contributed by atoms with Gasteiger partial charge < -0.3 is 5.32 Å². The number of nitrogens with zero attached hydrogens (tertiary/aromatic N) is 1. The molecule has 5 rings (SSSR count). The Morgan fingerprint density at radius 3 is 2.15 bits per heavy atom. The maximum Gasteiger partial charge on any atom is 0.416 e. The lowest BCUT2D eigenvalue weighted by molar-refractivity contribution is -0.137. The third-order valence-corrected chi connectivity index (χ3v) is 7.96. The normalized spacial score (nSPS) is 16.4. The second-order valence-corrected chi connectivity index (χ2v) is 10.5. The van der Waals surface area contributed by atoms with E-state index in [4.69, 9.17) is 11.6 Å². The van der Waals surface area contributed by atoms with Crippen LogP contribution < -0.4 is 5.32 Å². The molecule has 3 nitrogen and oxygen atoms in total. The van der Waals surface area contributed by atoms with Crippen LogP contribution in [0.2, 0.25) is 5.02 Å². The number of amides is 1. The molecule has 1 aromatic heterocycles. The van der Waals surface area contributed by atoms with Crippen molar-refractivity contribution in [1.82, 2.24) is 10.3 Å². The van der Waals surface area contributed by atoms with Gasteiger partial charge in [0.15, 0.2) is 0 Å². The van der Waals surface area contributed by atoms with Crippen LogP contribution in [-0.4, -0.2) is 10.9 Å². The molecule has 0 aliphatic heterocycles. The molecule has 1 aliphatic carbocycles. The SMILES string of the molecule is O=C(NC(Cc1ccccc1)(c1cccc(C(F)(F)F)c1)c1ccccn1)C1(c2ccc(Cl)cc2)CCCC1. The largest absolute Gasteiger partial charge is 0.416 e. The number of hydrogen-bond acceptors (Lipinski definition) is 2. The Balaban J connectivity index is 1.70. The van der Waals surface area contributed by atoms with Crippen molar-refractivity contribution in [2.24, 2.45) is 0 Å². The van der Waals surface area contributed by atoms with Crippen molar-refractivity contribution in [3.8, 4) is 0 Å². The molecule has 0 radical (unpaired) electrons. The van der Waals surface area contributed by atoms with Crippen molar-refractivity contribution in [1.29, 1.82) is 0 Å². The number of hydrogen-bond donors (Lipinski definition) is 1. The summed E-state index contributed by atoms with van der Waals surface area (Å²) >= 11 is 6.15. The van der Waals surface area contributed by atoms with Gasteiger partial charge in [-0.2, -0.15) is 13.2 Å². The highest BCUT2D eigenvalue weighted by Gasteiger charge is 2.48. The molecule has 39 heavy (non-hydrogen) atoms. The van der Waals surface area contributed by atoms with E-state index in [-0.39, 0.29) is 12.3 Å². The first kappa shape index (κ1) is 26.9.